The number of hydrogen-bond acceptors (Lipinski definition) is 5. The van der Waals surface area contributed by atoms with E-state index >= 15 is 0 Å². The molecule has 0 fully saturated rings. The Morgan fingerprint density at radius 3 is 2.32 bits per heavy atom. The topological polar surface area (TPSA) is 113 Å². The van der Waals surface area contributed by atoms with Crippen molar-refractivity contribution in [2.45, 2.75) is 66.3 Å². The first-order chi connectivity index (χ1) is 14.5. The van der Waals surface area contributed by atoms with Crippen molar-refractivity contribution in [1.29, 1.82) is 0 Å². The molecular formula is C23H31NO6S. The van der Waals surface area contributed by atoms with Gasteiger partial charge in [0.05, 0.1) is 5.56 Å². The van der Waals surface area contributed by atoms with Gasteiger partial charge in [0.25, 0.3) is 5.91 Å². The van der Waals surface area contributed by atoms with E-state index in [4.69, 9.17) is 8.74 Å². The molecule has 7 nitrogen and oxygen atoms in total. The van der Waals surface area contributed by atoms with E-state index in [1.807, 2.05) is 13.0 Å². The second-order valence-corrected chi connectivity index (χ2v) is 9.11. The molecule has 0 unspecified atom stereocenters. The third-order valence-corrected chi connectivity index (χ3v) is 5.48. The third-order valence-electron chi connectivity index (χ3n) is 5.10. The average Bonchev–Trinajstić information content (AvgIpc) is 3.00. The van der Waals surface area contributed by atoms with Crippen LogP contribution in [0.2, 0.25) is 0 Å². The van der Waals surface area contributed by atoms with Gasteiger partial charge in [0.1, 0.15) is 5.75 Å². The molecule has 8 heteroatoms. The van der Waals surface area contributed by atoms with E-state index in [1.54, 1.807) is 0 Å². The van der Waals surface area contributed by atoms with Crippen LogP contribution in [0.1, 0.15) is 74.9 Å². The first kappa shape index (κ1) is 24.7. The number of amides is 1. The van der Waals surface area contributed by atoms with E-state index < -0.39 is 16.3 Å². The molecule has 0 radical (unpaired) electrons. The third kappa shape index (κ3) is 7.56. The first-order valence-electron chi connectivity index (χ1n) is 10.3. The maximum atomic E-state index is 11.9. The van der Waals surface area contributed by atoms with Gasteiger partial charge < -0.3 is 14.6 Å². The van der Waals surface area contributed by atoms with Crippen LogP contribution in [0, 0.1) is 0 Å². The van der Waals surface area contributed by atoms with E-state index in [9.17, 15) is 18.3 Å². The van der Waals surface area contributed by atoms with Crippen molar-refractivity contribution in [2.24, 2.45) is 0 Å². The lowest BCUT2D eigenvalue weighted by atomic mass is 9.99. The van der Waals surface area contributed by atoms with Crippen LogP contribution in [-0.4, -0.2) is 24.0 Å². The van der Waals surface area contributed by atoms with Gasteiger partial charge in [-0.25, -0.2) is 0 Å². The number of phenolic OH excluding ortho intramolecular Hbond substituents is 1. The minimum Gasteiger partial charge on any atom is -0.507 e. The lowest BCUT2D eigenvalue weighted by Crippen LogP contribution is -2.12. The Morgan fingerprint density at radius 2 is 1.71 bits per heavy atom. The molecule has 1 aromatic carbocycles. The maximum absolute atomic E-state index is 11.9. The van der Waals surface area contributed by atoms with Crippen molar-refractivity contribution < 1.29 is 27.1 Å². The van der Waals surface area contributed by atoms with Crippen LogP contribution < -0.4 is 9.50 Å². The number of fused-ring (bicyclic) bond motifs is 1. The molecule has 3 N–H and O–H groups in total. The summed E-state index contributed by atoms with van der Waals surface area (Å²) < 4.78 is 36.5. The van der Waals surface area contributed by atoms with Crippen molar-refractivity contribution in [2.75, 3.05) is 0 Å². The fraction of sp³-hybridized carbons (Fsp3) is 0.435. The molecule has 0 aliphatic carbocycles. The fourth-order valence-corrected chi connectivity index (χ4v) is 3.80. The van der Waals surface area contributed by atoms with Crippen LogP contribution in [0.25, 0.3) is 0 Å². The Bertz CT molecular complexity index is 1030. The van der Waals surface area contributed by atoms with E-state index in [0.29, 0.717) is 5.56 Å². The van der Waals surface area contributed by atoms with Gasteiger partial charge in [-0.2, -0.15) is 8.42 Å². The number of hydrogen-bond donors (Lipinski definition) is 3. The van der Waals surface area contributed by atoms with E-state index in [1.165, 1.54) is 17.2 Å². The highest BCUT2D eigenvalue weighted by atomic mass is 32.3. The number of allylic oxidation sites excluding steroid dienone is 6. The predicted octanol–water partition coefficient (Wildman–Crippen LogP) is 4.78. The first-order valence-corrected chi connectivity index (χ1v) is 11.6. The maximum Gasteiger partial charge on any atom is 0.446 e. The van der Waals surface area contributed by atoms with Crippen molar-refractivity contribution in [1.82, 2.24) is 5.32 Å². The molecule has 31 heavy (non-hydrogen) atoms. The summed E-state index contributed by atoms with van der Waals surface area (Å²) in [7, 11) is -4.81. The van der Waals surface area contributed by atoms with Gasteiger partial charge in [0.15, 0.2) is 5.75 Å². The zero-order valence-corrected chi connectivity index (χ0v) is 19.3. The van der Waals surface area contributed by atoms with Crippen LogP contribution in [-0.2, 0) is 23.4 Å². The fourth-order valence-electron chi connectivity index (χ4n) is 3.39. The minimum absolute atomic E-state index is 0.0613. The van der Waals surface area contributed by atoms with Crippen molar-refractivity contribution in [3.8, 4) is 11.5 Å². The lowest BCUT2D eigenvalue weighted by molar-refractivity contribution is 0.0965. The number of carbonyl (C=O) groups is 1. The quantitative estimate of drug-likeness (QED) is 0.350. The summed E-state index contributed by atoms with van der Waals surface area (Å²) in [5.74, 6) is -0.890. The number of carbonyl (C=O) groups excluding carboxylic acids is 1. The van der Waals surface area contributed by atoms with E-state index in [-0.39, 0.29) is 35.6 Å². The Balaban J connectivity index is 2.12. The van der Waals surface area contributed by atoms with Crippen molar-refractivity contribution in [3.63, 3.8) is 0 Å². The smallest absolute Gasteiger partial charge is 0.446 e. The Morgan fingerprint density at radius 1 is 1.10 bits per heavy atom. The zero-order chi connectivity index (χ0) is 23.2. The molecule has 0 atom stereocenters. The molecule has 0 spiro atoms. The van der Waals surface area contributed by atoms with Gasteiger partial charge in [-0.3, -0.25) is 9.35 Å². The molecule has 1 amide bonds. The molecule has 2 rings (SSSR count). The number of nitrogens with one attached hydrogen (secondary N) is 1. The van der Waals surface area contributed by atoms with E-state index in [0.717, 1.165) is 31.3 Å². The summed E-state index contributed by atoms with van der Waals surface area (Å²) in [5.41, 5.74) is 4.37. The zero-order valence-electron chi connectivity index (χ0n) is 18.5. The SMILES string of the molecule is CC(C)=CCCC(C)=CCCC(C)=CCc1c(O)cc2c(c1OS(=O)(=O)O)CNC2=O. The minimum atomic E-state index is -4.81. The van der Waals surface area contributed by atoms with Gasteiger partial charge in [-0.15, -0.1) is 0 Å². The summed E-state index contributed by atoms with van der Waals surface area (Å²) in [6.07, 6.45) is 10.3. The normalized spacial score (nSPS) is 14.3. The summed E-state index contributed by atoms with van der Waals surface area (Å²) in [6.45, 7) is 8.32. The number of benzene rings is 1. The lowest BCUT2D eigenvalue weighted by Gasteiger charge is -2.13. The van der Waals surface area contributed by atoms with Crippen LogP contribution in [0.5, 0.6) is 11.5 Å². The van der Waals surface area contributed by atoms with Gasteiger partial charge in [0, 0.05) is 17.7 Å². The van der Waals surface area contributed by atoms with Crippen molar-refractivity contribution >= 4 is 16.3 Å². The Labute approximate surface area is 184 Å². The second kappa shape index (κ2) is 10.6. The molecule has 0 aromatic heterocycles. The molecular weight excluding hydrogens is 418 g/mol. The highest BCUT2D eigenvalue weighted by Crippen LogP contribution is 2.38. The molecule has 0 saturated heterocycles. The van der Waals surface area contributed by atoms with Crippen LogP contribution in [0.15, 0.2) is 41.0 Å². The van der Waals surface area contributed by atoms with Gasteiger partial charge in [0.2, 0.25) is 0 Å². The van der Waals surface area contributed by atoms with Crippen LogP contribution in [0.4, 0.5) is 0 Å². The Hall–Kier alpha value is -2.58. The molecule has 1 aliphatic rings. The van der Waals surface area contributed by atoms with E-state index in [2.05, 4.69) is 38.2 Å². The molecule has 0 bridgehead atoms. The number of aromatic hydroxyl groups is 1. The van der Waals surface area contributed by atoms with Crippen LogP contribution >= 0.6 is 0 Å². The van der Waals surface area contributed by atoms with Gasteiger partial charge >= 0.3 is 10.4 Å². The monoisotopic (exact) mass is 449 g/mol. The molecule has 0 saturated carbocycles. The summed E-state index contributed by atoms with van der Waals surface area (Å²) in [6, 6.07) is 1.30. The molecule has 1 aliphatic heterocycles. The van der Waals surface area contributed by atoms with Crippen molar-refractivity contribution in [3.05, 3.63) is 57.7 Å². The molecule has 170 valence electrons. The summed E-state index contributed by atoms with van der Waals surface area (Å²) >= 11 is 0. The Kier molecular flexibility index (Phi) is 8.47. The second-order valence-electron chi connectivity index (χ2n) is 8.09. The van der Waals surface area contributed by atoms with Gasteiger partial charge in [-0.1, -0.05) is 34.9 Å². The molecule has 1 heterocycles. The molecule has 1 aromatic rings. The summed E-state index contributed by atoms with van der Waals surface area (Å²) in [4.78, 5) is 11.9. The standard InChI is InChI=1S/C23H31NO6S/c1-15(2)7-5-8-16(3)9-6-10-17(4)11-12-18-21(25)13-19-20(14-24-23(19)26)22(18)30-31(27,28)29/h7,9,11,13,25H,5-6,8,10,12,14H2,1-4H3,(H,24,26)(H,27,28,29). The summed E-state index contributed by atoms with van der Waals surface area (Å²) in [5, 5.41) is 12.9. The predicted molar refractivity (Wildman–Crippen MR) is 121 cm³/mol. The number of rotatable bonds is 10. The van der Waals surface area contributed by atoms with Crippen LogP contribution in [0.3, 0.4) is 0 Å². The number of phenols is 1. The van der Waals surface area contributed by atoms with Gasteiger partial charge in [-0.05, 0) is 65.9 Å². The largest absolute Gasteiger partial charge is 0.507 e. The highest BCUT2D eigenvalue weighted by Gasteiger charge is 2.29. The average molecular weight is 450 g/mol. The highest BCUT2D eigenvalue weighted by molar-refractivity contribution is 7.81.